The topological polar surface area (TPSA) is 169 Å². The lowest BCUT2D eigenvalue weighted by Gasteiger charge is -2.19. The van der Waals surface area contributed by atoms with Gasteiger partial charge in [-0.2, -0.15) is 4.68 Å². The first-order valence-electron chi connectivity index (χ1n) is 12.2. The van der Waals surface area contributed by atoms with E-state index in [0.29, 0.717) is 15.8 Å². The molecule has 1 heterocycles. The van der Waals surface area contributed by atoms with Crippen LogP contribution in [0.5, 0.6) is 0 Å². The van der Waals surface area contributed by atoms with Crippen molar-refractivity contribution in [3.8, 4) is 5.69 Å². The highest BCUT2D eigenvalue weighted by Crippen LogP contribution is 2.18. The van der Waals surface area contributed by atoms with Gasteiger partial charge >= 0.3 is 6.09 Å². The maximum atomic E-state index is 13.3. The summed E-state index contributed by atoms with van der Waals surface area (Å²) in [5.41, 5.74) is 7.92. The summed E-state index contributed by atoms with van der Waals surface area (Å²) in [5.74, 6) is -1.74. The zero-order valence-electron chi connectivity index (χ0n) is 21.7. The number of nitrogens with zero attached hydrogens (tertiary/aromatic N) is 4. The molecule has 0 bridgehead atoms. The third-order valence-corrected chi connectivity index (χ3v) is 6.72. The molecule has 0 aliphatic heterocycles. The molecule has 4 N–H and O–H groups in total. The number of nitrogens with one attached hydrogen (secondary N) is 4. The van der Waals surface area contributed by atoms with Crippen LogP contribution in [0.1, 0.15) is 31.8 Å². The van der Waals surface area contributed by atoms with Crippen LogP contribution in [0.3, 0.4) is 0 Å². The highest BCUT2D eigenvalue weighted by atomic mass is 127. The molecule has 41 heavy (non-hydrogen) atoms. The number of alkyl halides is 1. The van der Waals surface area contributed by atoms with Gasteiger partial charge in [-0.25, -0.2) is 4.79 Å². The molecule has 1 aromatic heterocycles. The molecule has 0 radical (unpaired) electrons. The molecule has 0 spiro atoms. The van der Waals surface area contributed by atoms with Crippen molar-refractivity contribution in [2.24, 2.45) is 0 Å². The van der Waals surface area contributed by atoms with E-state index in [4.69, 9.17) is 0 Å². The Labute approximate surface area is 248 Å². The second kappa shape index (κ2) is 14.0. The van der Waals surface area contributed by atoms with Crippen LogP contribution in [0.2, 0.25) is 0 Å². The number of tetrazole rings is 1. The van der Waals surface area contributed by atoms with E-state index in [9.17, 15) is 19.2 Å². The standard InChI is InChI=1S/C27H25IN8O5/c1-41-27(40)30-20-10-8-19(9-11-20)24(37)31-22(14-17-5-3-2-4-6-17)26(39)33-32-25(38)21-13-18(15-28)7-12-23(21)36-16-29-34-35-36/h2-13,16,22H,14-15H2,1H3,(H,30,40)(H,31,37)(H,32,38)(H,33,39)/t22-/m0/s1. The Morgan fingerprint density at radius 3 is 2.34 bits per heavy atom. The summed E-state index contributed by atoms with van der Waals surface area (Å²) in [4.78, 5) is 50.8. The van der Waals surface area contributed by atoms with E-state index in [2.05, 4.69) is 64.3 Å². The summed E-state index contributed by atoms with van der Waals surface area (Å²) in [5, 5.41) is 16.3. The molecule has 4 amide bonds. The van der Waals surface area contributed by atoms with Gasteiger partial charge in [-0.1, -0.05) is 59.0 Å². The van der Waals surface area contributed by atoms with Crippen molar-refractivity contribution in [2.75, 3.05) is 12.4 Å². The number of aromatic nitrogens is 4. The van der Waals surface area contributed by atoms with Gasteiger partial charge in [-0.05, 0) is 58.0 Å². The van der Waals surface area contributed by atoms with Gasteiger partial charge in [0.05, 0.1) is 18.4 Å². The monoisotopic (exact) mass is 668 g/mol. The fraction of sp³-hybridized carbons (Fsp3) is 0.148. The third kappa shape index (κ3) is 7.84. The number of ether oxygens (including phenoxy) is 1. The van der Waals surface area contributed by atoms with Gasteiger partial charge < -0.3 is 10.1 Å². The second-order valence-electron chi connectivity index (χ2n) is 8.59. The molecule has 4 aromatic rings. The van der Waals surface area contributed by atoms with Crippen molar-refractivity contribution in [1.82, 2.24) is 36.4 Å². The molecule has 0 unspecified atom stereocenters. The molecular formula is C27H25IN8O5. The molecule has 0 aliphatic carbocycles. The average Bonchev–Trinajstić information content (AvgIpc) is 3.55. The number of halogens is 1. The summed E-state index contributed by atoms with van der Waals surface area (Å²) in [6, 6.07) is 19.4. The zero-order chi connectivity index (χ0) is 29.2. The summed E-state index contributed by atoms with van der Waals surface area (Å²) < 4.78 is 6.56. The van der Waals surface area contributed by atoms with E-state index in [1.807, 2.05) is 36.4 Å². The molecule has 4 rings (SSSR count). The van der Waals surface area contributed by atoms with Gasteiger partial charge in [0.1, 0.15) is 12.4 Å². The van der Waals surface area contributed by atoms with Crippen LogP contribution in [0, 0.1) is 0 Å². The predicted octanol–water partition coefficient (Wildman–Crippen LogP) is 2.58. The van der Waals surface area contributed by atoms with Gasteiger partial charge in [-0.3, -0.25) is 30.6 Å². The average molecular weight is 668 g/mol. The highest BCUT2D eigenvalue weighted by Gasteiger charge is 2.24. The number of methoxy groups -OCH3 is 1. The van der Waals surface area contributed by atoms with Gasteiger partial charge in [0, 0.05) is 22.1 Å². The quantitative estimate of drug-likeness (QED) is 0.120. The van der Waals surface area contributed by atoms with Gasteiger partial charge in [0.15, 0.2) is 0 Å². The third-order valence-electron chi connectivity index (χ3n) is 5.84. The first kappa shape index (κ1) is 29.1. The SMILES string of the molecule is COC(=O)Nc1ccc(C(=O)N[C@@H](Cc2ccccc2)C(=O)NNC(=O)c2cc(CI)ccc2-n2cnnn2)cc1. The number of hydrogen-bond donors (Lipinski definition) is 4. The number of carbonyl (C=O) groups excluding carboxylic acids is 4. The lowest BCUT2D eigenvalue weighted by atomic mass is 10.0. The molecule has 0 saturated carbocycles. The van der Waals surface area contributed by atoms with E-state index in [1.165, 1.54) is 42.4 Å². The predicted molar refractivity (Wildman–Crippen MR) is 156 cm³/mol. The first-order valence-corrected chi connectivity index (χ1v) is 13.7. The van der Waals surface area contributed by atoms with Crippen LogP contribution in [0.25, 0.3) is 5.69 Å². The first-order chi connectivity index (χ1) is 19.9. The van der Waals surface area contributed by atoms with Crippen LogP contribution >= 0.6 is 22.6 Å². The Balaban J connectivity index is 1.48. The second-order valence-corrected chi connectivity index (χ2v) is 9.36. The van der Waals surface area contributed by atoms with Crippen molar-refractivity contribution in [3.05, 3.63) is 101 Å². The van der Waals surface area contributed by atoms with Gasteiger partial charge in [0.2, 0.25) is 0 Å². The minimum absolute atomic E-state index is 0.163. The molecule has 13 nitrogen and oxygen atoms in total. The fourth-order valence-electron chi connectivity index (χ4n) is 3.77. The lowest BCUT2D eigenvalue weighted by Crippen LogP contribution is -2.53. The number of carbonyl (C=O) groups is 4. The summed E-state index contributed by atoms with van der Waals surface area (Å²) in [6.45, 7) is 0. The van der Waals surface area contributed by atoms with Gasteiger partial charge in [0.25, 0.3) is 17.7 Å². The Morgan fingerprint density at radius 2 is 1.68 bits per heavy atom. The number of amides is 4. The highest BCUT2D eigenvalue weighted by molar-refractivity contribution is 14.1. The molecule has 0 saturated heterocycles. The zero-order valence-corrected chi connectivity index (χ0v) is 23.9. The van der Waals surface area contributed by atoms with Gasteiger partial charge in [-0.15, -0.1) is 5.10 Å². The van der Waals surface area contributed by atoms with Crippen LogP contribution in [0.15, 0.2) is 79.1 Å². The molecule has 0 fully saturated rings. The van der Waals surface area contributed by atoms with Crippen molar-refractivity contribution >= 4 is 52.1 Å². The maximum absolute atomic E-state index is 13.3. The van der Waals surface area contributed by atoms with Crippen LogP contribution in [-0.2, 0) is 20.4 Å². The number of anilines is 1. The number of hydrogen-bond acceptors (Lipinski definition) is 8. The summed E-state index contributed by atoms with van der Waals surface area (Å²) in [6.07, 6.45) is 0.879. The van der Waals surface area contributed by atoms with Crippen molar-refractivity contribution in [1.29, 1.82) is 0 Å². The Hall–Kier alpha value is -4.86. The van der Waals surface area contributed by atoms with E-state index in [-0.39, 0.29) is 17.5 Å². The van der Waals surface area contributed by atoms with E-state index < -0.39 is 29.9 Å². The molecule has 210 valence electrons. The fourth-order valence-corrected chi connectivity index (χ4v) is 4.24. The van der Waals surface area contributed by atoms with Crippen molar-refractivity contribution < 1.29 is 23.9 Å². The van der Waals surface area contributed by atoms with Crippen molar-refractivity contribution in [2.45, 2.75) is 16.9 Å². The number of rotatable bonds is 9. The largest absolute Gasteiger partial charge is 0.453 e. The number of hydrazine groups is 1. The normalized spacial score (nSPS) is 11.2. The van der Waals surface area contributed by atoms with E-state index in [1.54, 1.807) is 12.1 Å². The Morgan fingerprint density at radius 1 is 0.927 bits per heavy atom. The van der Waals surface area contributed by atoms with E-state index >= 15 is 0 Å². The Kier molecular flexibility index (Phi) is 9.93. The number of benzene rings is 3. The molecular weight excluding hydrogens is 643 g/mol. The van der Waals surface area contributed by atoms with Crippen LogP contribution in [-0.4, -0.2) is 57.2 Å². The molecule has 3 aromatic carbocycles. The van der Waals surface area contributed by atoms with Crippen LogP contribution < -0.4 is 21.5 Å². The smallest absolute Gasteiger partial charge is 0.411 e. The Bertz CT molecular complexity index is 1510. The lowest BCUT2D eigenvalue weighted by molar-refractivity contribution is -0.123. The summed E-state index contributed by atoms with van der Waals surface area (Å²) >= 11 is 2.18. The molecule has 1 atom stereocenters. The maximum Gasteiger partial charge on any atom is 0.411 e. The minimum atomic E-state index is -1.03. The molecule has 0 aliphatic rings. The van der Waals surface area contributed by atoms with Crippen LogP contribution in [0.4, 0.5) is 10.5 Å². The summed E-state index contributed by atoms with van der Waals surface area (Å²) in [7, 11) is 1.24. The van der Waals surface area contributed by atoms with E-state index in [0.717, 1.165) is 11.1 Å². The van der Waals surface area contributed by atoms with Crippen molar-refractivity contribution in [3.63, 3.8) is 0 Å². The minimum Gasteiger partial charge on any atom is -0.453 e. The molecule has 14 heteroatoms.